The van der Waals surface area contributed by atoms with Crippen LogP contribution in [-0.2, 0) is 4.74 Å². The number of anilines is 1. The molecule has 124 valence electrons. The third-order valence-electron chi connectivity index (χ3n) is 3.89. The smallest absolute Gasteiger partial charge is 0.410 e. The van der Waals surface area contributed by atoms with Crippen molar-refractivity contribution in [3.8, 4) is 0 Å². The Bertz CT molecular complexity index is 692. The second-order valence-electron chi connectivity index (χ2n) is 6.88. The van der Waals surface area contributed by atoms with Gasteiger partial charge in [0, 0.05) is 18.5 Å². The highest BCUT2D eigenvalue weighted by Gasteiger charge is 2.32. The molecule has 1 aromatic heterocycles. The van der Waals surface area contributed by atoms with Crippen LogP contribution in [0.25, 0.3) is 10.1 Å². The molecule has 1 aromatic carbocycles. The first-order chi connectivity index (χ1) is 10.9. The molecule has 2 heterocycles. The van der Waals surface area contributed by atoms with Gasteiger partial charge in [0.25, 0.3) is 0 Å². The molecule has 0 unspecified atom stereocenters. The lowest BCUT2D eigenvalue weighted by atomic mass is 10.2. The highest BCUT2D eigenvalue weighted by atomic mass is 32.1. The fraction of sp³-hybridized carbons (Fsp3) is 0.529. The van der Waals surface area contributed by atoms with E-state index in [1.807, 2.05) is 37.8 Å². The minimum Gasteiger partial charge on any atom is -0.444 e. The highest BCUT2D eigenvalue weighted by Crippen LogP contribution is 2.27. The summed E-state index contributed by atoms with van der Waals surface area (Å²) in [5.41, 5.74) is -0.456. The zero-order valence-electron chi connectivity index (χ0n) is 13.8. The van der Waals surface area contributed by atoms with Gasteiger partial charge in [-0.3, -0.25) is 0 Å². The van der Waals surface area contributed by atoms with Crippen LogP contribution in [-0.4, -0.2) is 40.1 Å². The number of hydrogen-bond acceptors (Lipinski definition) is 5. The number of amides is 1. The summed E-state index contributed by atoms with van der Waals surface area (Å²) < 4.78 is 11.2. The van der Waals surface area contributed by atoms with E-state index in [2.05, 4.69) is 21.8 Å². The number of rotatable bonds is 3. The van der Waals surface area contributed by atoms with Crippen LogP contribution in [0.5, 0.6) is 0 Å². The Kier molecular flexibility index (Phi) is 4.43. The van der Waals surface area contributed by atoms with Gasteiger partial charge >= 0.3 is 6.09 Å². The fourth-order valence-corrected chi connectivity index (χ4v) is 3.59. The van der Waals surface area contributed by atoms with E-state index in [1.165, 1.54) is 16.2 Å². The monoisotopic (exact) mass is 333 g/mol. The summed E-state index contributed by atoms with van der Waals surface area (Å²) in [5, 5.41) is 4.55. The molecule has 0 radical (unpaired) electrons. The number of aromatic nitrogens is 1. The van der Waals surface area contributed by atoms with Crippen LogP contribution in [0.2, 0.25) is 0 Å². The molecule has 23 heavy (non-hydrogen) atoms. The minimum atomic E-state index is -0.456. The van der Waals surface area contributed by atoms with Crippen LogP contribution in [0.4, 0.5) is 10.6 Å². The normalized spacial score (nSPS) is 18.4. The van der Waals surface area contributed by atoms with Gasteiger partial charge in [0.15, 0.2) is 0 Å². The average Bonchev–Trinajstić information content (AvgIpc) is 3.10. The van der Waals surface area contributed by atoms with Crippen LogP contribution >= 0.6 is 11.5 Å². The number of nitrogens with one attached hydrogen (secondary N) is 1. The van der Waals surface area contributed by atoms with Gasteiger partial charge in [-0.25, -0.2) is 4.79 Å². The first kappa shape index (κ1) is 16.1. The lowest BCUT2D eigenvalue weighted by Gasteiger charge is -2.28. The molecule has 0 aliphatic carbocycles. The molecule has 1 aliphatic heterocycles. The Morgan fingerprint density at radius 3 is 3.00 bits per heavy atom. The fourth-order valence-electron chi connectivity index (χ4n) is 2.84. The Morgan fingerprint density at radius 1 is 1.43 bits per heavy atom. The summed E-state index contributed by atoms with van der Waals surface area (Å²) in [6, 6.07) is 8.34. The van der Waals surface area contributed by atoms with Gasteiger partial charge in [-0.05, 0) is 57.3 Å². The summed E-state index contributed by atoms with van der Waals surface area (Å²) in [7, 11) is 0. The summed E-state index contributed by atoms with van der Waals surface area (Å²) in [6.07, 6.45) is 1.79. The standard InChI is InChI=1S/C17H23N3O2S/c1-17(2,3)22-16(21)20-10-6-7-12(20)11-18-15-13-8-4-5-9-14(13)23-19-15/h4-5,8-9,12H,6-7,10-11H2,1-3H3,(H,18,19)/t12-/m1/s1. The van der Waals surface area contributed by atoms with E-state index < -0.39 is 5.60 Å². The van der Waals surface area contributed by atoms with Crippen molar-refractivity contribution in [2.24, 2.45) is 0 Å². The van der Waals surface area contributed by atoms with Crippen molar-refractivity contribution in [2.75, 3.05) is 18.4 Å². The molecule has 1 amide bonds. The third kappa shape index (κ3) is 3.75. The molecule has 1 atom stereocenters. The lowest BCUT2D eigenvalue weighted by molar-refractivity contribution is 0.0235. The Labute approximate surface area is 140 Å². The number of ether oxygens (including phenoxy) is 1. The number of likely N-dealkylation sites (tertiary alicyclic amines) is 1. The van der Waals surface area contributed by atoms with Crippen molar-refractivity contribution >= 4 is 33.5 Å². The van der Waals surface area contributed by atoms with E-state index in [-0.39, 0.29) is 12.1 Å². The van der Waals surface area contributed by atoms with Crippen LogP contribution in [0.15, 0.2) is 24.3 Å². The highest BCUT2D eigenvalue weighted by molar-refractivity contribution is 7.13. The average molecular weight is 333 g/mol. The van der Waals surface area contributed by atoms with Gasteiger partial charge in [-0.15, -0.1) is 0 Å². The number of fused-ring (bicyclic) bond motifs is 1. The molecule has 5 nitrogen and oxygen atoms in total. The van der Waals surface area contributed by atoms with E-state index in [9.17, 15) is 4.79 Å². The predicted octanol–water partition coefficient (Wildman–Crippen LogP) is 4.11. The van der Waals surface area contributed by atoms with Crippen LogP contribution in [0.1, 0.15) is 33.6 Å². The molecule has 0 bridgehead atoms. The number of nitrogens with zero attached hydrogens (tertiary/aromatic N) is 2. The van der Waals surface area contributed by atoms with Crippen molar-refractivity contribution in [1.82, 2.24) is 9.27 Å². The summed E-state index contributed by atoms with van der Waals surface area (Å²) >= 11 is 1.49. The maximum atomic E-state index is 12.3. The van der Waals surface area contributed by atoms with E-state index in [0.717, 1.165) is 30.6 Å². The van der Waals surface area contributed by atoms with Gasteiger partial charge in [-0.2, -0.15) is 4.37 Å². The molecule has 3 rings (SSSR count). The largest absolute Gasteiger partial charge is 0.444 e. The van der Waals surface area contributed by atoms with Crippen molar-refractivity contribution in [1.29, 1.82) is 0 Å². The van der Waals surface area contributed by atoms with Crippen LogP contribution in [0, 0.1) is 0 Å². The van der Waals surface area contributed by atoms with Crippen molar-refractivity contribution < 1.29 is 9.53 Å². The van der Waals surface area contributed by atoms with Gasteiger partial charge < -0.3 is 15.0 Å². The predicted molar refractivity (Wildman–Crippen MR) is 94.1 cm³/mol. The lowest BCUT2D eigenvalue weighted by Crippen LogP contribution is -2.42. The topological polar surface area (TPSA) is 54.5 Å². The number of hydrogen-bond donors (Lipinski definition) is 1. The van der Waals surface area contributed by atoms with Gasteiger partial charge in [-0.1, -0.05) is 12.1 Å². The molecule has 0 saturated carbocycles. The first-order valence-electron chi connectivity index (χ1n) is 8.02. The van der Waals surface area contributed by atoms with Gasteiger partial charge in [0.05, 0.1) is 10.7 Å². The Hall–Kier alpha value is -1.82. The Balaban J connectivity index is 1.64. The maximum absolute atomic E-state index is 12.3. The van der Waals surface area contributed by atoms with Crippen LogP contribution < -0.4 is 5.32 Å². The zero-order valence-corrected chi connectivity index (χ0v) is 14.7. The molecule has 1 saturated heterocycles. The first-order valence-corrected chi connectivity index (χ1v) is 8.79. The molecule has 2 aromatic rings. The van der Waals surface area contributed by atoms with Crippen LogP contribution in [0.3, 0.4) is 0 Å². The number of benzene rings is 1. The van der Waals surface area contributed by atoms with E-state index in [0.29, 0.717) is 6.54 Å². The number of carbonyl (C=O) groups excluding carboxylic acids is 1. The molecular weight excluding hydrogens is 310 g/mol. The van der Waals surface area contributed by atoms with E-state index >= 15 is 0 Å². The second kappa shape index (κ2) is 6.35. The SMILES string of the molecule is CC(C)(C)OC(=O)N1CCC[C@@H]1CNc1nsc2ccccc12. The molecular formula is C17H23N3O2S. The molecule has 6 heteroatoms. The van der Waals surface area contributed by atoms with E-state index in [1.54, 1.807) is 0 Å². The summed E-state index contributed by atoms with van der Waals surface area (Å²) in [6.45, 7) is 7.16. The summed E-state index contributed by atoms with van der Waals surface area (Å²) in [4.78, 5) is 14.1. The van der Waals surface area contributed by atoms with E-state index in [4.69, 9.17) is 4.74 Å². The molecule has 1 aliphatic rings. The molecule has 1 N–H and O–H groups in total. The van der Waals surface area contributed by atoms with Gasteiger partial charge in [0.1, 0.15) is 11.4 Å². The quantitative estimate of drug-likeness (QED) is 0.918. The second-order valence-corrected chi connectivity index (χ2v) is 7.68. The molecule has 1 fully saturated rings. The Morgan fingerprint density at radius 2 is 2.22 bits per heavy atom. The number of carbonyl (C=O) groups is 1. The van der Waals surface area contributed by atoms with Crippen molar-refractivity contribution in [2.45, 2.75) is 45.3 Å². The zero-order chi connectivity index (χ0) is 16.4. The van der Waals surface area contributed by atoms with Crippen molar-refractivity contribution in [3.63, 3.8) is 0 Å². The third-order valence-corrected chi connectivity index (χ3v) is 4.71. The van der Waals surface area contributed by atoms with Gasteiger partial charge in [0.2, 0.25) is 0 Å². The maximum Gasteiger partial charge on any atom is 0.410 e. The van der Waals surface area contributed by atoms with Crippen molar-refractivity contribution in [3.05, 3.63) is 24.3 Å². The molecule has 0 spiro atoms. The minimum absolute atomic E-state index is 0.158. The summed E-state index contributed by atoms with van der Waals surface area (Å²) in [5.74, 6) is 0.904.